The quantitative estimate of drug-likeness (QED) is 0.298. The molecule has 0 aliphatic carbocycles. The summed E-state index contributed by atoms with van der Waals surface area (Å²) in [6, 6.07) is 17.8. The maximum Gasteiger partial charge on any atom is 0.415 e. The maximum absolute atomic E-state index is 14.0. The van der Waals surface area contributed by atoms with E-state index in [1.807, 2.05) is 12.1 Å². The average molecular weight is 597 g/mol. The number of para-hydroxylation sites is 2. The lowest BCUT2D eigenvalue weighted by Gasteiger charge is -2.38. The molecule has 0 N–H and O–H groups in total. The second-order valence-corrected chi connectivity index (χ2v) is 10.1. The summed E-state index contributed by atoms with van der Waals surface area (Å²) < 4.78 is 100. The van der Waals surface area contributed by atoms with Crippen LogP contribution in [0.5, 0.6) is 11.5 Å². The molecule has 2 fully saturated rings. The zero-order valence-electron chi connectivity index (χ0n) is 21.9. The number of ether oxygens (including phenoxy) is 3. The molecule has 2 unspecified atom stereocenters. The van der Waals surface area contributed by atoms with Crippen molar-refractivity contribution >= 4 is 12.4 Å². The van der Waals surface area contributed by atoms with Crippen LogP contribution in [0.1, 0.15) is 25.7 Å². The molecule has 224 valence electrons. The minimum absolute atomic E-state index is 0. The Morgan fingerprint density at radius 2 is 1.02 bits per heavy atom. The van der Waals surface area contributed by atoms with Crippen molar-refractivity contribution in [3.63, 3.8) is 0 Å². The molecule has 0 saturated carbocycles. The molecule has 0 radical (unpaired) electrons. The van der Waals surface area contributed by atoms with E-state index in [-0.39, 0.29) is 37.7 Å². The summed E-state index contributed by atoms with van der Waals surface area (Å²) in [7, 11) is 0. The third kappa shape index (κ3) is 10.0. The molecule has 12 heteroatoms. The van der Waals surface area contributed by atoms with Crippen molar-refractivity contribution in [1.29, 1.82) is 0 Å². The van der Waals surface area contributed by atoms with Gasteiger partial charge in [0.05, 0.1) is 0 Å². The molecule has 0 amide bonds. The van der Waals surface area contributed by atoms with Crippen LogP contribution in [0.3, 0.4) is 0 Å². The number of likely N-dealkylation sites (tertiary alicyclic amines) is 2. The fraction of sp³-hybridized carbons (Fsp3) is 0.571. The molecular weight excluding hydrogens is 562 g/mol. The summed E-state index contributed by atoms with van der Waals surface area (Å²) in [6.45, 7) is -0.384. The van der Waals surface area contributed by atoms with Gasteiger partial charge in [0.25, 0.3) is 0 Å². The van der Waals surface area contributed by atoms with Crippen molar-refractivity contribution in [2.45, 2.75) is 62.5 Å². The highest BCUT2D eigenvalue weighted by molar-refractivity contribution is 5.85. The standard InChI is InChI=1S/C28H34F6N2O3.ClH/c29-27(30,31)25(19-35-15-7-13-23(17-35)37-21-9-3-1-4-10-21)39-26(28(32,33)34)20-36-16-8-14-24(18-36)38-22-11-5-2-6-12-22;/h1-6,9-12,23-26H,7-8,13-20H2;1H/t23?,24?,25-,26-;/m0./s1. The molecule has 0 bridgehead atoms. The van der Waals surface area contributed by atoms with Crippen LogP contribution in [0, 0.1) is 0 Å². The number of hydrogen-bond acceptors (Lipinski definition) is 5. The van der Waals surface area contributed by atoms with Crippen LogP contribution in [0.15, 0.2) is 60.7 Å². The first-order chi connectivity index (χ1) is 18.6. The van der Waals surface area contributed by atoms with E-state index in [2.05, 4.69) is 0 Å². The first-order valence-corrected chi connectivity index (χ1v) is 13.2. The summed E-state index contributed by atoms with van der Waals surface area (Å²) in [5, 5.41) is 0. The Kier molecular flexibility index (Phi) is 11.8. The molecular formula is C28H35ClF6N2O3. The average Bonchev–Trinajstić information content (AvgIpc) is 2.88. The van der Waals surface area contributed by atoms with E-state index in [1.54, 1.807) is 48.5 Å². The second-order valence-electron chi connectivity index (χ2n) is 10.1. The number of halogens is 7. The van der Waals surface area contributed by atoms with Crippen LogP contribution in [0.25, 0.3) is 0 Å². The van der Waals surface area contributed by atoms with Gasteiger partial charge in [-0.05, 0) is 63.0 Å². The number of rotatable bonds is 10. The van der Waals surface area contributed by atoms with Gasteiger partial charge in [0.15, 0.2) is 12.2 Å². The molecule has 2 saturated heterocycles. The van der Waals surface area contributed by atoms with Gasteiger partial charge in [0.2, 0.25) is 0 Å². The van der Waals surface area contributed by atoms with Gasteiger partial charge in [0, 0.05) is 26.2 Å². The van der Waals surface area contributed by atoms with Gasteiger partial charge in [-0.3, -0.25) is 9.80 Å². The smallest absolute Gasteiger partial charge is 0.415 e. The number of hydrogen-bond donors (Lipinski definition) is 0. The van der Waals surface area contributed by atoms with E-state index in [9.17, 15) is 26.3 Å². The SMILES string of the molecule is Cl.FC(F)(F)[C@H](CN1CCCC(Oc2ccccc2)C1)O[C@@H](CN1CCCC(Oc2ccccc2)C1)C(F)(F)F. The fourth-order valence-corrected chi connectivity index (χ4v) is 5.05. The number of nitrogens with zero attached hydrogens (tertiary/aromatic N) is 2. The third-order valence-electron chi connectivity index (χ3n) is 6.92. The van der Waals surface area contributed by atoms with E-state index in [0.29, 0.717) is 50.3 Å². The van der Waals surface area contributed by atoms with Gasteiger partial charge in [0.1, 0.15) is 23.7 Å². The van der Waals surface area contributed by atoms with Crippen molar-refractivity contribution in [1.82, 2.24) is 9.80 Å². The minimum atomic E-state index is -4.96. The minimum Gasteiger partial charge on any atom is -0.489 e. The molecule has 0 spiro atoms. The second kappa shape index (κ2) is 14.6. The van der Waals surface area contributed by atoms with E-state index in [1.165, 1.54) is 9.80 Å². The number of benzene rings is 2. The Labute approximate surface area is 236 Å². The largest absolute Gasteiger partial charge is 0.489 e. The van der Waals surface area contributed by atoms with Crippen LogP contribution in [0.4, 0.5) is 26.3 Å². The summed E-state index contributed by atoms with van der Waals surface area (Å²) in [4.78, 5) is 2.96. The summed E-state index contributed by atoms with van der Waals surface area (Å²) >= 11 is 0. The first-order valence-electron chi connectivity index (χ1n) is 13.2. The molecule has 4 rings (SSSR count). The van der Waals surface area contributed by atoms with Crippen LogP contribution in [-0.4, -0.2) is 85.8 Å². The Morgan fingerprint density at radius 1 is 0.650 bits per heavy atom. The van der Waals surface area contributed by atoms with Crippen molar-refractivity contribution in [2.75, 3.05) is 39.3 Å². The van der Waals surface area contributed by atoms with E-state index < -0.39 is 37.7 Å². The molecule has 40 heavy (non-hydrogen) atoms. The van der Waals surface area contributed by atoms with E-state index in [4.69, 9.17) is 14.2 Å². The molecule has 2 aliphatic heterocycles. The van der Waals surface area contributed by atoms with Gasteiger partial charge < -0.3 is 14.2 Å². The molecule has 5 nitrogen and oxygen atoms in total. The van der Waals surface area contributed by atoms with Gasteiger partial charge in [-0.1, -0.05) is 36.4 Å². The molecule has 2 aromatic carbocycles. The van der Waals surface area contributed by atoms with Crippen LogP contribution in [0.2, 0.25) is 0 Å². The number of piperidine rings is 2. The highest BCUT2D eigenvalue weighted by atomic mass is 35.5. The lowest BCUT2D eigenvalue weighted by Crippen LogP contribution is -2.54. The first kappa shape index (κ1) is 32.3. The summed E-state index contributed by atoms with van der Waals surface area (Å²) in [5.41, 5.74) is 0. The molecule has 0 aromatic heterocycles. The van der Waals surface area contributed by atoms with Crippen LogP contribution >= 0.6 is 12.4 Å². The summed E-state index contributed by atoms with van der Waals surface area (Å²) in [5.74, 6) is 1.20. The monoisotopic (exact) mass is 596 g/mol. The molecule has 2 aliphatic rings. The van der Waals surface area contributed by atoms with E-state index >= 15 is 0 Å². The van der Waals surface area contributed by atoms with E-state index in [0.717, 1.165) is 0 Å². The third-order valence-corrected chi connectivity index (χ3v) is 6.92. The predicted molar refractivity (Wildman–Crippen MR) is 141 cm³/mol. The normalized spacial score (nSPS) is 22.6. The Bertz CT molecular complexity index is 920. The van der Waals surface area contributed by atoms with Gasteiger partial charge >= 0.3 is 12.4 Å². The maximum atomic E-state index is 14.0. The Hall–Kier alpha value is -2.21. The topological polar surface area (TPSA) is 34.2 Å². The lowest BCUT2D eigenvalue weighted by molar-refractivity contribution is -0.291. The summed E-state index contributed by atoms with van der Waals surface area (Å²) in [6.07, 6.45) is -13.4. The van der Waals surface area contributed by atoms with Crippen molar-refractivity contribution in [2.24, 2.45) is 0 Å². The van der Waals surface area contributed by atoms with Gasteiger partial charge in [-0.25, -0.2) is 0 Å². The molecule has 2 heterocycles. The van der Waals surface area contributed by atoms with Crippen molar-refractivity contribution in [3.8, 4) is 11.5 Å². The fourth-order valence-electron chi connectivity index (χ4n) is 5.05. The van der Waals surface area contributed by atoms with Gasteiger partial charge in [-0.2, -0.15) is 26.3 Å². The van der Waals surface area contributed by atoms with Crippen molar-refractivity contribution in [3.05, 3.63) is 60.7 Å². The number of alkyl halides is 6. The zero-order valence-corrected chi connectivity index (χ0v) is 22.8. The Morgan fingerprint density at radius 3 is 1.38 bits per heavy atom. The highest BCUT2D eigenvalue weighted by Crippen LogP contribution is 2.32. The zero-order chi connectivity index (χ0) is 27.9. The highest BCUT2D eigenvalue weighted by Gasteiger charge is 2.50. The molecule has 2 aromatic rings. The Balaban J connectivity index is 0.00000441. The molecule has 4 atom stereocenters. The predicted octanol–water partition coefficient (Wildman–Crippen LogP) is 6.37. The van der Waals surface area contributed by atoms with Crippen LogP contribution < -0.4 is 9.47 Å². The van der Waals surface area contributed by atoms with Crippen LogP contribution in [-0.2, 0) is 4.74 Å². The van der Waals surface area contributed by atoms with Gasteiger partial charge in [-0.15, -0.1) is 12.4 Å². The lowest BCUT2D eigenvalue weighted by atomic mass is 10.1. The van der Waals surface area contributed by atoms with Crippen molar-refractivity contribution < 1.29 is 40.6 Å².